The van der Waals surface area contributed by atoms with Gasteiger partial charge in [0.15, 0.2) is 0 Å². The zero-order valence-electron chi connectivity index (χ0n) is 7.96. The van der Waals surface area contributed by atoms with Crippen molar-refractivity contribution >= 4 is 0 Å². The number of fused-ring (bicyclic) bond motifs is 1. The number of rotatable bonds is 1. The van der Waals surface area contributed by atoms with Crippen LogP contribution in [0.25, 0.3) is 0 Å². The number of aliphatic hydroxyl groups is 3. The Kier molecular flexibility index (Phi) is 2.31. The minimum Gasteiger partial charge on any atom is -0.393 e. The molecule has 0 saturated carbocycles. The van der Waals surface area contributed by atoms with Gasteiger partial charge in [0.1, 0.15) is 0 Å². The maximum Gasteiger partial charge on any atom is 0.0874 e. The Morgan fingerprint density at radius 2 is 1.50 bits per heavy atom. The largest absolute Gasteiger partial charge is 0.393 e. The SMILES string of the molecule is CC(O)C1C(O)c2ccccc2C1O. The van der Waals surface area contributed by atoms with E-state index in [4.69, 9.17) is 0 Å². The molecule has 1 aliphatic rings. The molecule has 1 aliphatic carbocycles. The van der Waals surface area contributed by atoms with Gasteiger partial charge in [0.05, 0.1) is 18.3 Å². The summed E-state index contributed by atoms with van der Waals surface area (Å²) in [5, 5.41) is 29.2. The van der Waals surface area contributed by atoms with Crippen molar-refractivity contribution < 1.29 is 15.3 Å². The third-order valence-electron chi connectivity index (χ3n) is 2.92. The molecule has 0 bridgehead atoms. The molecule has 3 N–H and O–H groups in total. The molecular weight excluding hydrogens is 180 g/mol. The normalized spacial score (nSPS) is 32.7. The second kappa shape index (κ2) is 3.35. The molecule has 0 amide bonds. The third kappa shape index (κ3) is 1.25. The molecule has 0 heterocycles. The van der Waals surface area contributed by atoms with E-state index in [0.29, 0.717) is 0 Å². The standard InChI is InChI=1S/C11H14O3/c1-6(12)9-10(13)7-4-2-3-5-8(7)11(9)14/h2-6,9-14H,1H3. The van der Waals surface area contributed by atoms with Gasteiger partial charge < -0.3 is 15.3 Å². The second-order valence-corrected chi connectivity index (χ2v) is 3.84. The summed E-state index contributed by atoms with van der Waals surface area (Å²) in [7, 11) is 0. The van der Waals surface area contributed by atoms with E-state index in [1.165, 1.54) is 0 Å². The predicted octanol–water partition coefficient (Wildman–Crippen LogP) is 0.764. The Morgan fingerprint density at radius 3 is 1.86 bits per heavy atom. The van der Waals surface area contributed by atoms with Crippen molar-refractivity contribution in [3.63, 3.8) is 0 Å². The third-order valence-corrected chi connectivity index (χ3v) is 2.92. The summed E-state index contributed by atoms with van der Waals surface area (Å²) in [4.78, 5) is 0. The van der Waals surface area contributed by atoms with Crippen molar-refractivity contribution in [1.82, 2.24) is 0 Å². The van der Waals surface area contributed by atoms with Crippen LogP contribution in [0.5, 0.6) is 0 Å². The zero-order valence-corrected chi connectivity index (χ0v) is 7.96. The molecule has 3 atom stereocenters. The monoisotopic (exact) mass is 194 g/mol. The average Bonchev–Trinajstić information content (AvgIpc) is 2.41. The summed E-state index contributed by atoms with van der Waals surface area (Å²) >= 11 is 0. The molecular formula is C11H14O3. The van der Waals surface area contributed by atoms with E-state index in [-0.39, 0.29) is 0 Å². The van der Waals surface area contributed by atoms with E-state index >= 15 is 0 Å². The smallest absolute Gasteiger partial charge is 0.0874 e. The van der Waals surface area contributed by atoms with Crippen LogP contribution in [0.3, 0.4) is 0 Å². The van der Waals surface area contributed by atoms with Crippen LogP contribution in [-0.4, -0.2) is 21.4 Å². The van der Waals surface area contributed by atoms with Gasteiger partial charge in [-0.15, -0.1) is 0 Å². The first-order valence-electron chi connectivity index (χ1n) is 4.76. The fraction of sp³-hybridized carbons (Fsp3) is 0.455. The number of benzene rings is 1. The lowest BCUT2D eigenvalue weighted by molar-refractivity contribution is -0.0352. The number of hydrogen-bond donors (Lipinski definition) is 3. The van der Waals surface area contributed by atoms with Gasteiger partial charge in [-0.2, -0.15) is 0 Å². The lowest BCUT2D eigenvalue weighted by Gasteiger charge is -2.21. The molecule has 3 nitrogen and oxygen atoms in total. The van der Waals surface area contributed by atoms with Gasteiger partial charge in [0.2, 0.25) is 0 Å². The highest BCUT2D eigenvalue weighted by molar-refractivity contribution is 5.37. The highest BCUT2D eigenvalue weighted by Crippen LogP contribution is 2.44. The van der Waals surface area contributed by atoms with Crippen LogP contribution in [0.2, 0.25) is 0 Å². The second-order valence-electron chi connectivity index (χ2n) is 3.84. The summed E-state index contributed by atoms with van der Waals surface area (Å²) in [6.45, 7) is 1.59. The molecule has 2 rings (SSSR count). The Labute approximate surface area is 82.6 Å². The molecule has 0 aromatic heterocycles. The molecule has 0 aliphatic heterocycles. The predicted molar refractivity (Wildman–Crippen MR) is 51.5 cm³/mol. The van der Waals surface area contributed by atoms with Crippen LogP contribution in [0.1, 0.15) is 30.3 Å². The molecule has 1 aromatic carbocycles. The maximum atomic E-state index is 9.86. The average molecular weight is 194 g/mol. The molecule has 0 radical (unpaired) electrons. The topological polar surface area (TPSA) is 60.7 Å². The van der Waals surface area contributed by atoms with Crippen molar-refractivity contribution in [2.45, 2.75) is 25.2 Å². The Balaban J connectivity index is 2.43. The van der Waals surface area contributed by atoms with Gasteiger partial charge in [0, 0.05) is 5.92 Å². The first-order chi connectivity index (χ1) is 6.63. The van der Waals surface area contributed by atoms with Crippen LogP contribution in [0.4, 0.5) is 0 Å². The molecule has 0 fully saturated rings. The lowest BCUT2D eigenvalue weighted by atomic mass is 9.96. The van der Waals surface area contributed by atoms with E-state index in [0.717, 1.165) is 11.1 Å². The first-order valence-corrected chi connectivity index (χ1v) is 4.76. The quantitative estimate of drug-likeness (QED) is 0.618. The Morgan fingerprint density at radius 1 is 1.07 bits per heavy atom. The van der Waals surface area contributed by atoms with Crippen molar-refractivity contribution in [1.29, 1.82) is 0 Å². The van der Waals surface area contributed by atoms with E-state index in [1.807, 2.05) is 12.1 Å². The molecule has 1 aromatic rings. The highest BCUT2D eigenvalue weighted by Gasteiger charge is 2.41. The Bertz CT molecular complexity index is 306. The molecule has 3 unspecified atom stereocenters. The van der Waals surface area contributed by atoms with Crippen LogP contribution < -0.4 is 0 Å². The van der Waals surface area contributed by atoms with E-state index in [1.54, 1.807) is 19.1 Å². The molecule has 0 saturated heterocycles. The van der Waals surface area contributed by atoms with Gasteiger partial charge in [-0.25, -0.2) is 0 Å². The van der Waals surface area contributed by atoms with Crippen molar-refractivity contribution in [2.75, 3.05) is 0 Å². The van der Waals surface area contributed by atoms with Crippen LogP contribution in [0.15, 0.2) is 24.3 Å². The van der Waals surface area contributed by atoms with Crippen molar-refractivity contribution in [3.05, 3.63) is 35.4 Å². The zero-order chi connectivity index (χ0) is 10.3. The summed E-state index contributed by atoms with van der Waals surface area (Å²) in [5.74, 6) is -0.507. The van der Waals surface area contributed by atoms with Crippen molar-refractivity contribution in [3.8, 4) is 0 Å². The summed E-state index contributed by atoms with van der Waals surface area (Å²) in [6, 6.07) is 7.20. The first kappa shape index (κ1) is 9.65. The van der Waals surface area contributed by atoms with Gasteiger partial charge in [-0.1, -0.05) is 24.3 Å². The Hall–Kier alpha value is -0.900. The summed E-state index contributed by atoms with van der Waals surface area (Å²) in [6.07, 6.45) is -2.24. The van der Waals surface area contributed by atoms with E-state index < -0.39 is 24.2 Å². The number of aliphatic hydroxyl groups excluding tert-OH is 3. The van der Waals surface area contributed by atoms with Gasteiger partial charge >= 0.3 is 0 Å². The fourth-order valence-corrected chi connectivity index (χ4v) is 2.16. The molecule has 3 heteroatoms. The van der Waals surface area contributed by atoms with E-state index in [9.17, 15) is 15.3 Å². The number of hydrogen-bond acceptors (Lipinski definition) is 3. The van der Waals surface area contributed by atoms with Crippen LogP contribution in [0, 0.1) is 5.92 Å². The van der Waals surface area contributed by atoms with E-state index in [2.05, 4.69) is 0 Å². The van der Waals surface area contributed by atoms with Crippen molar-refractivity contribution in [2.24, 2.45) is 5.92 Å². The van der Waals surface area contributed by atoms with Gasteiger partial charge in [0.25, 0.3) is 0 Å². The minimum absolute atomic E-state index is 0.507. The fourth-order valence-electron chi connectivity index (χ4n) is 2.16. The van der Waals surface area contributed by atoms with Gasteiger partial charge in [-0.3, -0.25) is 0 Å². The molecule has 0 spiro atoms. The van der Waals surface area contributed by atoms with Crippen LogP contribution in [-0.2, 0) is 0 Å². The molecule has 14 heavy (non-hydrogen) atoms. The summed E-state index contributed by atoms with van der Waals surface area (Å²) < 4.78 is 0. The lowest BCUT2D eigenvalue weighted by Crippen LogP contribution is -2.24. The summed E-state index contributed by atoms with van der Waals surface area (Å²) in [5.41, 5.74) is 1.46. The molecule has 76 valence electrons. The highest BCUT2D eigenvalue weighted by atomic mass is 16.3. The van der Waals surface area contributed by atoms with Crippen LogP contribution >= 0.6 is 0 Å². The van der Waals surface area contributed by atoms with Gasteiger partial charge in [-0.05, 0) is 18.1 Å². The minimum atomic E-state index is -0.763. The maximum absolute atomic E-state index is 9.86.